The predicted octanol–water partition coefficient (Wildman–Crippen LogP) is 4.37. The number of amides is 1. The van der Waals surface area contributed by atoms with Crippen LogP contribution in [0.5, 0.6) is 0 Å². The highest BCUT2D eigenvalue weighted by Crippen LogP contribution is 2.30. The molecular weight excluding hydrogens is 334 g/mol. The second-order valence-electron chi connectivity index (χ2n) is 7.07. The number of carboxylic acids is 1. The molecule has 7 nitrogen and oxygen atoms in total. The molecule has 1 heterocycles. The number of para-hydroxylation sites is 1. The first-order valence-corrected chi connectivity index (χ1v) is 8.28. The summed E-state index contributed by atoms with van der Waals surface area (Å²) in [5.41, 5.74) is -0.474. The summed E-state index contributed by atoms with van der Waals surface area (Å²) in [6.07, 6.45) is 0.648. The molecule has 0 spiro atoms. The molecule has 0 radical (unpaired) electrons. The van der Waals surface area contributed by atoms with Crippen molar-refractivity contribution in [1.82, 2.24) is 9.97 Å². The van der Waals surface area contributed by atoms with Gasteiger partial charge in [0.05, 0.1) is 11.9 Å². The monoisotopic (exact) mass is 357 g/mol. The molecule has 1 N–H and O–H groups in total. The first-order chi connectivity index (χ1) is 12.1. The van der Waals surface area contributed by atoms with Gasteiger partial charge in [0.15, 0.2) is 5.69 Å². The summed E-state index contributed by atoms with van der Waals surface area (Å²) in [5.74, 6) is -0.897. The largest absolute Gasteiger partial charge is 0.476 e. The SMILES string of the molecule is CC(C)c1ncc(N(C(=O)OC(C)(C)C)c2ccccc2)c(C(=O)O)n1. The Morgan fingerprint density at radius 3 is 2.27 bits per heavy atom. The number of anilines is 2. The number of benzene rings is 1. The minimum absolute atomic E-state index is 0.0474. The van der Waals surface area contributed by atoms with E-state index < -0.39 is 17.7 Å². The number of aromatic carboxylic acids is 1. The number of hydrogen-bond acceptors (Lipinski definition) is 5. The number of rotatable bonds is 4. The molecule has 0 aliphatic heterocycles. The second-order valence-corrected chi connectivity index (χ2v) is 7.07. The Hall–Kier alpha value is -2.96. The molecular formula is C19H23N3O4. The Labute approximate surface area is 152 Å². The van der Waals surface area contributed by atoms with Crippen LogP contribution in [0.4, 0.5) is 16.2 Å². The van der Waals surface area contributed by atoms with Crippen molar-refractivity contribution in [3.05, 3.63) is 48.0 Å². The van der Waals surface area contributed by atoms with Crippen LogP contribution >= 0.6 is 0 Å². The molecule has 0 aliphatic carbocycles. The zero-order chi connectivity index (χ0) is 19.5. The first kappa shape index (κ1) is 19.4. The fourth-order valence-corrected chi connectivity index (χ4v) is 2.22. The number of aromatic nitrogens is 2. The molecule has 7 heteroatoms. The van der Waals surface area contributed by atoms with Crippen molar-refractivity contribution in [2.45, 2.75) is 46.1 Å². The van der Waals surface area contributed by atoms with E-state index in [0.717, 1.165) is 0 Å². The molecule has 2 aromatic rings. The summed E-state index contributed by atoms with van der Waals surface area (Å²) in [6, 6.07) is 8.66. The van der Waals surface area contributed by atoms with Crippen molar-refractivity contribution in [2.75, 3.05) is 4.90 Å². The molecule has 0 aliphatic rings. The normalized spacial score (nSPS) is 11.3. The lowest BCUT2D eigenvalue weighted by atomic mass is 10.2. The van der Waals surface area contributed by atoms with Gasteiger partial charge in [0.2, 0.25) is 0 Å². The molecule has 0 atom stereocenters. The molecule has 26 heavy (non-hydrogen) atoms. The van der Waals surface area contributed by atoms with E-state index in [1.807, 2.05) is 13.8 Å². The van der Waals surface area contributed by atoms with E-state index in [2.05, 4.69) is 9.97 Å². The number of carbonyl (C=O) groups excluding carboxylic acids is 1. The van der Waals surface area contributed by atoms with Crippen LogP contribution in [0, 0.1) is 0 Å². The average molecular weight is 357 g/mol. The van der Waals surface area contributed by atoms with Gasteiger partial charge in [-0.25, -0.2) is 24.5 Å². The maximum Gasteiger partial charge on any atom is 0.419 e. The zero-order valence-corrected chi connectivity index (χ0v) is 15.6. The maximum absolute atomic E-state index is 12.8. The van der Waals surface area contributed by atoms with Crippen LogP contribution in [0.15, 0.2) is 36.5 Å². The van der Waals surface area contributed by atoms with Gasteiger partial charge < -0.3 is 9.84 Å². The lowest BCUT2D eigenvalue weighted by Crippen LogP contribution is -2.35. The predicted molar refractivity (Wildman–Crippen MR) is 97.9 cm³/mol. The lowest BCUT2D eigenvalue weighted by molar-refractivity contribution is 0.0598. The number of nitrogens with zero attached hydrogens (tertiary/aromatic N) is 3. The van der Waals surface area contributed by atoms with Crippen LogP contribution in [-0.4, -0.2) is 32.7 Å². The molecule has 0 saturated heterocycles. The summed E-state index contributed by atoms with van der Waals surface area (Å²) < 4.78 is 5.46. The van der Waals surface area contributed by atoms with Gasteiger partial charge in [0.1, 0.15) is 17.1 Å². The highest BCUT2D eigenvalue weighted by molar-refractivity contribution is 6.02. The van der Waals surface area contributed by atoms with Crippen LogP contribution in [0.1, 0.15) is 56.8 Å². The summed E-state index contributed by atoms with van der Waals surface area (Å²) in [6.45, 7) is 8.95. The van der Waals surface area contributed by atoms with Crippen molar-refractivity contribution in [1.29, 1.82) is 0 Å². The van der Waals surface area contributed by atoms with E-state index >= 15 is 0 Å². The average Bonchev–Trinajstić information content (AvgIpc) is 2.54. The third kappa shape index (κ3) is 4.56. The van der Waals surface area contributed by atoms with Crippen molar-refractivity contribution in [3.63, 3.8) is 0 Å². The van der Waals surface area contributed by atoms with Gasteiger partial charge >= 0.3 is 12.1 Å². The highest BCUT2D eigenvalue weighted by atomic mass is 16.6. The first-order valence-electron chi connectivity index (χ1n) is 8.28. The van der Waals surface area contributed by atoms with E-state index in [1.165, 1.54) is 11.1 Å². The minimum Gasteiger partial charge on any atom is -0.476 e. The lowest BCUT2D eigenvalue weighted by Gasteiger charge is -2.28. The van der Waals surface area contributed by atoms with Gasteiger partial charge in [-0.3, -0.25) is 0 Å². The molecule has 1 aromatic heterocycles. The van der Waals surface area contributed by atoms with E-state index in [9.17, 15) is 14.7 Å². The van der Waals surface area contributed by atoms with E-state index in [0.29, 0.717) is 11.5 Å². The zero-order valence-electron chi connectivity index (χ0n) is 15.6. The second kappa shape index (κ2) is 7.51. The van der Waals surface area contributed by atoms with E-state index in [1.54, 1.807) is 51.1 Å². The number of hydrogen-bond donors (Lipinski definition) is 1. The molecule has 2 rings (SSSR count). The van der Waals surface area contributed by atoms with E-state index in [4.69, 9.17) is 4.74 Å². The van der Waals surface area contributed by atoms with Gasteiger partial charge in [0, 0.05) is 5.92 Å². The fraction of sp³-hybridized carbons (Fsp3) is 0.368. The molecule has 138 valence electrons. The van der Waals surface area contributed by atoms with Gasteiger partial charge in [-0.15, -0.1) is 0 Å². The number of ether oxygens (including phenoxy) is 1. The van der Waals surface area contributed by atoms with Gasteiger partial charge in [-0.2, -0.15) is 0 Å². The van der Waals surface area contributed by atoms with Crippen LogP contribution < -0.4 is 4.90 Å². The fourth-order valence-electron chi connectivity index (χ4n) is 2.22. The highest BCUT2D eigenvalue weighted by Gasteiger charge is 2.29. The van der Waals surface area contributed by atoms with Crippen LogP contribution in [0.3, 0.4) is 0 Å². The van der Waals surface area contributed by atoms with Crippen molar-refractivity contribution >= 4 is 23.4 Å². The Bertz CT molecular complexity index is 798. The van der Waals surface area contributed by atoms with E-state index in [-0.39, 0.29) is 17.3 Å². The molecule has 0 bridgehead atoms. The van der Waals surface area contributed by atoms with Crippen LogP contribution in [0.2, 0.25) is 0 Å². The summed E-state index contributed by atoms with van der Waals surface area (Å²) in [7, 11) is 0. The number of carboxylic acid groups (broad SMARTS) is 1. The van der Waals surface area contributed by atoms with Gasteiger partial charge in [-0.05, 0) is 32.9 Å². The Balaban J connectivity index is 2.62. The van der Waals surface area contributed by atoms with Crippen LogP contribution in [-0.2, 0) is 4.74 Å². The standard InChI is InChI=1S/C19H23N3O4/c1-12(2)16-20-11-14(15(21-16)17(23)24)22(13-9-7-6-8-10-13)18(25)26-19(3,4)5/h6-12H,1-5H3,(H,23,24). The molecule has 0 fully saturated rings. The Morgan fingerprint density at radius 2 is 1.77 bits per heavy atom. The smallest absolute Gasteiger partial charge is 0.419 e. The third-order valence-corrected chi connectivity index (χ3v) is 3.34. The molecule has 0 unspecified atom stereocenters. The topological polar surface area (TPSA) is 92.6 Å². The molecule has 1 aromatic carbocycles. The third-order valence-electron chi connectivity index (χ3n) is 3.34. The van der Waals surface area contributed by atoms with Gasteiger partial charge in [-0.1, -0.05) is 32.0 Å². The molecule has 1 amide bonds. The van der Waals surface area contributed by atoms with Gasteiger partial charge in [0.25, 0.3) is 0 Å². The Morgan fingerprint density at radius 1 is 1.15 bits per heavy atom. The summed E-state index contributed by atoms with van der Waals surface area (Å²) in [5, 5.41) is 9.61. The summed E-state index contributed by atoms with van der Waals surface area (Å²) in [4.78, 5) is 34.1. The maximum atomic E-state index is 12.8. The van der Waals surface area contributed by atoms with Crippen molar-refractivity contribution in [2.24, 2.45) is 0 Å². The Kier molecular flexibility index (Phi) is 5.59. The number of carbonyl (C=O) groups is 2. The van der Waals surface area contributed by atoms with Crippen molar-refractivity contribution in [3.8, 4) is 0 Å². The van der Waals surface area contributed by atoms with Crippen molar-refractivity contribution < 1.29 is 19.4 Å². The van der Waals surface area contributed by atoms with Crippen LogP contribution in [0.25, 0.3) is 0 Å². The minimum atomic E-state index is -1.24. The molecule has 0 saturated carbocycles. The summed E-state index contributed by atoms with van der Waals surface area (Å²) >= 11 is 0. The quantitative estimate of drug-likeness (QED) is 0.873.